The van der Waals surface area contributed by atoms with Crippen molar-refractivity contribution in [3.05, 3.63) is 0 Å². The quantitative estimate of drug-likeness (QED) is 0.804. The molecule has 0 bridgehead atoms. The predicted molar refractivity (Wildman–Crippen MR) is 80.8 cm³/mol. The second kappa shape index (κ2) is 7.28. The van der Waals surface area contributed by atoms with Crippen LogP contribution in [0.2, 0.25) is 0 Å². The molecule has 112 valence electrons. The molecule has 0 heterocycles. The monoisotopic (exact) mass is 268 g/mol. The average molecular weight is 268 g/mol. The number of nitrogens with two attached hydrogens (primary N) is 1. The van der Waals surface area contributed by atoms with E-state index in [0.29, 0.717) is 12.5 Å². The molecule has 1 unspecified atom stereocenters. The molecule has 1 aliphatic carbocycles. The zero-order valence-electron chi connectivity index (χ0n) is 13.2. The van der Waals surface area contributed by atoms with Crippen molar-refractivity contribution in [3.8, 4) is 0 Å². The van der Waals surface area contributed by atoms with E-state index in [-0.39, 0.29) is 17.4 Å². The molecule has 0 aromatic heterocycles. The summed E-state index contributed by atoms with van der Waals surface area (Å²) in [6, 6.07) is 0.365. The van der Waals surface area contributed by atoms with E-state index in [1.807, 2.05) is 0 Å². The third-order valence-electron chi connectivity index (χ3n) is 4.11. The van der Waals surface area contributed by atoms with Gasteiger partial charge in [0, 0.05) is 18.5 Å². The van der Waals surface area contributed by atoms with Gasteiger partial charge in [-0.15, -0.1) is 0 Å². The summed E-state index contributed by atoms with van der Waals surface area (Å²) in [5, 5.41) is 3.16. The van der Waals surface area contributed by atoms with Crippen molar-refractivity contribution in [2.24, 2.45) is 17.1 Å². The van der Waals surface area contributed by atoms with Gasteiger partial charge in [0.15, 0.2) is 0 Å². The summed E-state index contributed by atoms with van der Waals surface area (Å²) in [5.74, 6) is 1.01. The maximum Gasteiger partial charge on any atom is 0.221 e. The van der Waals surface area contributed by atoms with Gasteiger partial charge in [-0.3, -0.25) is 4.79 Å². The van der Waals surface area contributed by atoms with E-state index in [9.17, 15) is 4.79 Å². The highest BCUT2D eigenvalue weighted by Gasteiger charge is 2.23. The molecule has 0 aromatic rings. The van der Waals surface area contributed by atoms with Crippen LogP contribution in [0.15, 0.2) is 0 Å². The van der Waals surface area contributed by atoms with Crippen LogP contribution >= 0.6 is 0 Å². The highest BCUT2D eigenvalue weighted by molar-refractivity contribution is 5.76. The van der Waals surface area contributed by atoms with Crippen molar-refractivity contribution >= 4 is 5.91 Å². The van der Waals surface area contributed by atoms with Gasteiger partial charge in [0.1, 0.15) is 0 Å². The summed E-state index contributed by atoms with van der Waals surface area (Å²) in [6.45, 7) is 8.75. The minimum Gasteiger partial charge on any atom is -0.353 e. The fourth-order valence-corrected chi connectivity index (χ4v) is 3.10. The Bertz CT molecular complexity index is 275. The van der Waals surface area contributed by atoms with Crippen LogP contribution in [-0.4, -0.2) is 18.0 Å². The molecule has 1 aliphatic rings. The van der Waals surface area contributed by atoms with E-state index in [4.69, 9.17) is 5.73 Å². The number of hydrogen-bond acceptors (Lipinski definition) is 2. The van der Waals surface area contributed by atoms with E-state index in [0.717, 1.165) is 25.2 Å². The summed E-state index contributed by atoms with van der Waals surface area (Å²) in [5.41, 5.74) is 6.24. The lowest BCUT2D eigenvalue weighted by Gasteiger charge is -2.29. The van der Waals surface area contributed by atoms with Crippen LogP contribution in [-0.2, 0) is 4.79 Å². The van der Waals surface area contributed by atoms with Crippen LogP contribution in [0, 0.1) is 11.3 Å². The van der Waals surface area contributed by atoms with Crippen molar-refractivity contribution in [3.63, 3.8) is 0 Å². The molecule has 1 saturated carbocycles. The van der Waals surface area contributed by atoms with Gasteiger partial charge in [0.25, 0.3) is 0 Å². The highest BCUT2D eigenvalue weighted by atomic mass is 16.1. The molecule has 0 radical (unpaired) electrons. The molecule has 19 heavy (non-hydrogen) atoms. The Labute approximate surface area is 118 Å². The molecule has 0 aromatic carbocycles. The zero-order valence-corrected chi connectivity index (χ0v) is 13.2. The second-order valence-corrected chi connectivity index (χ2v) is 7.42. The van der Waals surface area contributed by atoms with Crippen LogP contribution in [0.3, 0.4) is 0 Å². The molecule has 0 aliphatic heterocycles. The molecular weight excluding hydrogens is 236 g/mol. The van der Waals surface area contributed by atoms with E-state index in [1.54, 1.807) is 0 Å². The Morgan fingerprint density at radius 2 is 1.84 bits per heavy atom. The van der Waals surface area contributed by atoms with Gasteiger partial charge in [-0.25, -0.2) is 0 Å². The predicted octanol–water partition coefficient (Wildman–Crippen LogP) is 3.23. The summed E-state index contributed by atoms with van der Waals surface area (Å²) in [4.78, 5) is 12.0. The molecule has 1 atom stereocenters. The van der Waals surface area contributed by atoms with Crippen molar-refractivity contribution in [1.29, 1.82) is 0 Å². The number of carbonyl (C=O) groups is 1. The Morgan fingerprint density at radius 3 is 2.32 bits per heavy atom. The number of nitrogens with one attached hydrogen (secondary N) is 1. The number of rotatable bonds is 5. The third-order valence-corrected chi connectivity index (χ3v) is 4.11. The number of amides is 1. The summed E-state index contributed by atoms with van der Waals surface area (Å²) in [7, 11) is 0. The van der Waals surface area contributed by atoms with Crippen LogP contribution in [0.5, 0.6) is 0 Å². The smallest absolute Gasteiger partial charge is 0.221 e. The molecule has 3 nitrogen and oxygen atoms in total. The molecule has 0 saturated heterocycles. The fourth-order valence-electron chi connectivity index (χ4n) is 3.10. The Balaban J connectivity index is 2.24. The Hall–Kier alpha value is -0.570. The minimum absolute atomic E-state index is 0.0213. The largest absolute Gasteiger partial charge is 0.353 e. The van der Waals surface area contributed by atoms with Gasteiger partial charge in [-0.1, -0.05) is 34.1 Å². The summed E-state index contributed by atoms with van der Waals surface area (Å²) < 4.78 is 0. The van der Waals surface area contributed by atoms with E-state index < -0.39 is 0 Å². The second-order valence-electron chi connectivity index (χ2n) is 7.42. The van der Waals surface area contributed by atoms with Crippen LogP contribution < -0.4 is 11.1 Å². The molecule has 1 amide bonds. The van der Waals surface area contributed by atoms with E-state index in [1.165, 1.54) is 19.3 Å². The van der Waals surface area contributed by atoms with Gasteiger partial charge < -0.3 is 11.1 Å². The average Bonchev–Trinajstić information content (AvgIpc) is 2.27. The zero-order chi connectivity index (χ0) is 14.5. The molecule has 3 heteroatoms. The first-order valence-electron chi connectivity index (χ1n) is 7.85. The van der Waals surface area contributed by atoms with E-state index in [2.05, 4.69) is 33.0 Å². The van der Waals surface area contributed by atoms with Crippen molar-refractivity contribution in [1.82, 2.24) is 5.32 Å². The number of carbonyl (C=O) groups excluding carboxylic acids is 1. The standard InChI is InChI=1S/C16H32N2O/c1-5-12-6-8-14(9-7-12)18-15(19)10-13(17)11-16(2,3)4/h12-14H,5-11,17H2,1-4H3,(H,18,19). The first-order valence-corrected chi connectivity index (χ1v) is 7.85. The summed E-state index contributed by atoms with van der Waals surface area (Å²) >= 11 is 0. The van der Waals surface area contributed by atoms with Crippen molar-refractivity contribution in [2.75, 3.05) is 0 Å². The normalized spacial score (nSPS) is 25.9. The van der Waals surface area contributed by atoms with Crippen molar-refractivity contribution in [2.45, 2.75) is 84.7 Å². The maximum absolute atomic E-state index is 12.0. The lowest BCUT2D eigenvalue weighted by Crippen LogP contribution is -2.41. The SMILES string of the molecule is CCC1CCC(NC(=O)CC(N)CC(C)(C)C)CC1. The van der Waals surface area contributed by atoms with Crippen molar-refractivity contribution < 1.29 is 4.79 Å². The molecule has 1 fully saturated rings. The Morgan fingerprint density at radius 1 is 1.26 bits per heavy atom. The number of hydrogen-bond donors (Lipinski definition) is 2. The lowest BCUT2D eigenvalue weighted by molar-refractivity contribution is -0.122. The van der Waals surface area contributed by atoms with Gasteiger partial charge in [-0.05, 0) is 43.4 Å². The highest BCUT2D eigenvalue weighted by Crippen LogP contribution is 2.26. The van der Waals surface area contributed by atoms with Gasteiger partial charge >= 0.3 is 0 Å². The molecule has 0 spiro atoms. The van der Waals surface area contributed by atoms with Gasteiger partial charge in [0.2, 0.25) is 5.91 Å². The fraction of sp³-hybridized carbons (Fsp3) is 0.938. The first kappa shape index (κ1) is 16.5. The lowest BCUT2D eigenvalue weighted by atomic mass is 9.84. The van der Waals surface area contributed by atoms with Gasteiger partial charge in [0.05, 0.1) is 0 Å². The minimum atomic E-state index is -0.0213. The Kier molecular flexibility index (Phi) is 6.31. The van der Waals surface area contributed by atoms with E-state index >= 15 is 0 Å². The topological polar surface area (TPSA) is 55.1 Å². The van der Waals surface area contributed by atoms with Crippen LogP contribution in [0.1, 0.15) is 72.6 Å². The maximum atomic E-state index is 12.0. The third kappa shape index (κ3) is 6.95. The van der Waals surface area contributed by atoms with Crippen LogP contribution in [0.4, 0.5) is 0 Å². The molecule has 1 rings (SSSR count). The van der Waals surface area contributed by atoms with Crippen LogP contribution in [0.25, 0.3) is 0 Å². The summed E-state index contributed by atoms with van der Waals surface area (Å²) in [6.07, 6.45) is 7.42. The molecular formula is C16H32N2O. The first-order chi connectivity index (χ1) is 8.80. The van der Waals surface area contributed by atoms with Gasteiger partial charge in [-0.2, -0.15) is 0 Å². The molecule has 3 N–H and O–H groups in total.